The van der Waals surface area contributed by atoms with Crippen molar-refractivity contribution in [2.24, 2.45) is 17.8 Å². The lowest BCUT2D eigenvalue weighted by Gasteiger charge is -2.47. The van der Waals surface area contributed by atoms with E-state index in [4.69, 9.17) is 18.9 Å². The summed E-state index contributed by atoms with van der Waals surface area (Å²) in [6.45, 7) is 19.4. The van der Waals surface area contributed by atoms with E-state index in [1.165, 1.54) is 11.1 Å². The van der Waals surface area contributed by atoms with E-state index in [0.717, 1.165) is 31.7 Å². The van der Waals surface area contributed by atoms with Gasteiger partial charge in [0.2, 0.25) is 0 Å². The Morgan fingerprint density at radius 2 is 1.67 bits per heavy atom. The number of fused-ring (bicyclic) bond motifs is 3. The number of hydrogen-bond acceptors (Lipinski definition) is 7. The van der Waals surface area contributed by atoms with Gasteiger partial charge in [-0.25, -0.2) is 9.59 Å². The van der Waals surface area contributed by atoms with Gasteiger partial charge in [-0.3, -0.25) is 4.90 Å². The van der Waals surface area contributed by atoms with Crippen LogP contribution in [0, 0.1) is 17.8 Å². The van der Waals surface area contributed by atoms with Crippen LogP contribution in [0.2, 0.25) is 0 Å². The quantitative estimate of drug-likeness (QED) is 0.390. The smallest absolute Gasteiger partial charge is 0.408 e. The van der Waals surface area contributed by atoms with E-state index in [1.807, 2.05) is 27.7 Å². The van der Waals surface area contributed by atoms with Crippen molar-refractivity contribution >= 4 is 12.1 Å². The summed E-state index contributed by atoms with van der Waals surface area (Å²) >= 11 is 0. The highest BCUT2D eigenvalue weighted by atomic mass is 16.6. The maximum Gasteiger partial charge on any atom is 0.408 e. The molecule has 0 radical (unpaired) electrons. The van der Waals surface area contributed by atoms with E-state index in [2.05, 4.69) is 36.2 Å². The Morgan fingerprint density at radius 1 is 1.05 bits per heavy atom. The molecule has 1 aromatic rings. The van der Waals surface area contributed by atoms with E-state index in [1.54, 1.807) is 35.0 Å². The Hall–Kier alpha value is -2.48. The fourth-order valence-corrected chi connectivity index (χ4v) is 5.54. The van der Waals surface area contributed by atoms with E-state index in [0.29, 0.717) is 18.1 Å². The van der Waals surface area contributed by atoms with Crippen molar-refractivity contribution in [3.05, 3.63) is 23.3 Å². The van der Waals surface area contributed by atoms with Crippen molar-refractivity contribution < 1.29 is 28.5 Å². The van der Waals surface area contributed by atoms with Crippen LogP contribution < -0.4 is 14.8 Å². The summed E-state index contributed by atoms with van der Waals surface area (Å²) in [5.41, 5.74) is 1.81. The highest BCUT2D eigenvalue weighted by Gasteiger charge is 2.42. The van der Waals surface area contributed by atoms with Gasteiger partial charge < -0.3 is 24.3 Å². The number of carbonyl (C=O) groups is 2. The minimum absolute atomic E-state index is 0.126. The maximum atomic E-state index is 13.4. The number of ether oxygens (including phenoxy) is 4. The third-order valence-corrected chi connectivity index (χ3v) is 7.20. The Labute approximate surface area is 236 Å². The van der Waals surface area contributed by atoms with Gasteiger partial charge in [0.15, 0.2) is 11.5 Å². The van der Waals surface area contributed by atoms with Crippen LogP contribution in [-0.2, 0) is 20.7 Å². The number of carbonyl (C=O) groups excluding carboxylic acids is 2. The number of methoxy groups -OCH3 is 2. The Bertz CT molecular complexity index is 955. The number of nitrogens with zero attached hydrogens (tertiary/aromatic N) is 1. The van der Waals surface area contributed by atoms with Crippen LogP contribution in [0.3, 0.4) is 0 Å². The van der Waals surface area contributed by atoms with E-state index >= 15 is 0 Å². The number of rotatable bonds is 8. The molecule has 39 heavy (non-hydrogen) atoms. The van der Waals surface area contributed by atoms with Crippen LogP contribution in [0.15, 0.2) is 12.1 Å². The molecule has 4 atom stereocenters. The molecule has 2 heterocycles. The number of alkyl carbamates (subject to hydrolysis) is 1. The van der Waals surface area contributed by atoms with Crippen molar-refractivity contribution in [2.45, 2.75) is 105 Å². The van der Waals surface area contributed by atoms with Crippen LogP contribution in [0.5, 0.6) is 11.5 Å². The molecule has 2 unspecified atom stereocenters. The largest absolute Gasteiger partial charge is 0.493 e. The zero-order valence-corrected chi connectivity index (χ0v) is 26.1. The molecule has 0 spiro atoms. The van der Waals surface area contributed by atoms with Gasteiger partial charge >= 0.3 is 12.1 Å². The van der Waals surface area contributed by atoms with Crippen LogP contribution in [0.4, 0.5) is 4.79 Å². The van der Waals surface area contributed by atoms with Gasteiger partial charge in [-0.15, -0.1) is 0 Å². The molecule has 2 aliphatic rings. The lowest BCUT2D eigenvalue weighted by molar-refractivity contribution is -0.161. The standard InChI is InChI=1S/C29H46N2O6.C2H6/c1-17(2)12-20-16-31-11-10-19-13-24(34-8)25(35-9)14-21(19)22(31)15-23(20)36-27(32)26(18(3)4)30-28(33)37-29(5,6)7;1-2/h13-14,17-18,20,22-23,26H,10-12,15-16H2,1-9H3,(H,30,33);1-2H3/t20-,22-,23?,26?;/m1./s1. The molecule has 0 aliphatic carbocycles. The second kappa shape index (κ2) is 14.2. The molecule has 8 nitrogen and oxygen atoms in total. The molecule has 1 aromatic carbocycles. The van der Waals surface area contributed by atoms with Crippen molar-refractivity contribution in [3.8, 4) is 11.5 Å². The topological polar surface area (TPSA) is 86.3 Å². The monoisotopic (exact) mass is 548 g/mol. The van der Waals surface area contributed by atoms with Crippen molar-refractivity contribution in [2.75, 3.05) is 27.3 Å². The molecular weight excluding hydrogens is 496 g/mol. The first-order chi connectivity index (χ1) is 18.3. The van der Waals surface area contributed by atoms with Crippen molar-refractivity contribution in [3.63, 3.8) is 0 Å². The lowest BCUT2D eigenvalue weighted by Crippen LogP contribution is -2.52. The predicted molar refractivity (Wildman–Crippen MR) is 154 cm³/mol. The predicted octanol–water partition coefficient (Wildman–Crippen LogP) is 6.16. The summed E-state index contributed by atoms with van der Waals surface area (Å²) in [4.78, 5) is 28.4. The van der Waals surface area contributed by atoms with Crippen LogP contribution in [0.25, 0.3) is 0 Å². The summed E-state index contributed by atoms with van der Waals surface area (Å²) in [7, 11) is 3.31. The summed E-state index contributed by atoms with van der Waals surface area (Å²) < 4.78 is 22.8. The van der Waals surface area contributed by atoms with Crippen molar-refractivity contribution in [1.82, 2.24) is 10.2 Å². The number of nitrogens with one attached hydrogen (secondary N) is 1. The van der Waals surface area contributed by atoms with Gasteiger partial charge in [0.25, 0.3) is 0 Å². The zero-order valence-electron chi connectivity index (χ0n) is 26.1. The highest BCUT2D eigenvalue weighted by molar-refractivity contribution is 5.81. The molecule has 1 N–H and O–H groups in total. The lowest BCUT2D eigenvalue weighted by atomic mass is 9.79. The first kappa shape index (κ1) is 32.7. The summed E-state index contributed by atoms with van der Waals surface area (Å²) in [5.74, 6) is 1.59. The van der Waals surface area contributed by atoms with Crippen LogP contribution in [-0.4, -0.2) is 62.0 Å². The number of piperidine rings is 1. The fraction of sp³-hybridized carbons (Fsp3) is 0.742. The summed E-state index contributed by atoms with van der Waals surface area (Å²) in [6, 6.07) is 3.50. The maximum absolute atomic E-state index is 13.4. The molecule has 1 amide bonds. The van der Waals surface area contributed by atoms with Gasteiger partial charge in [0, 0.05) is 31.5 Å². The zero-order chi connectivity index (χ0) is 29.5. The van der Waals surface area contributed by atoms with Gasteiger partial charge in [-0.1, -0.05) is 41.5 Å². The van der Waals surface area contributed by atoms with Gasteiger partial charge in [-0.2, -0.15) is 0 Å². The Balaban J connectivity index is 0.00000260. The molecule has 0 bridgehead atoms. The first-order valence-electron chi connectivity index (χ1n) is 14.5. The SMILES string of the molecule is CC.COc1cc2c(cc1OC)[C@H]1CC(OC(=O)C(NC(=O)OC(C)(C)C)C(C)C)[C@H](CC(C)C)CN1CC2. The van der Waals surface area contributed by atoms with Gasteiger partial charge in [0.1, 0.15) is 17.7 Å². The molecular formula is C31H52N2O6. The molecule has 8 heteroatoms. The second-order valence-corrected chi connectivity index (χ2v) is 12.1. The number of amides is 1. The first-order valence-corrected chi connectivity index (χ1v) is 14.5. The molecule has 2 aliphatic heterocycles. The molecule has 222 valence electrons. The molecule has 3 rings (SSSR count). The Morgan fingerprint density at radius 3 is 2.21 bits per heavy atom. The summed E-state index contributed by atoms with van der Waals surface area (Å²) in [5, 5.41) is 2.74. The van der Waals surface area contributed by atoms with Gasteiger partial charge in [0.05, 0.1) is 14.2 Å². The number of hydrogen-bond donors (Lipinski definition) is 1. The van der Waals surface area contributed by atoms with Gasteiger partial charge in [-0.05, 0) is 68.7 Å². The van der Waals surface area contributed by atoms with Crippen LogP contribution >= 0.6 is 0 Å². The third-order valence-electron chi connectivity index (χ3n) is 7.20. The average molecular weight is 549 g/mol. The number of esters is 1. The Kier molecular flexibility index (Phi) is 12.0. The van der Waals surface area contributed by atoms with E-state index < -0.39 is 23.7 Å². The highest BCUT2D eigenvalue weighted by Crippen LogP contribution is 2.44. The normalized spacial score (nSPS) is 21.6. The minimum atomic E-state index is -0.782. The molecule has 0 aromatic heterocycles. The summed E-state index contributed by atoms with van der Waals surface area (Å²) in [6.07, 6.45) is 1.74. The third kappa shape index (κ3) is 8.75. The average Bonchev–Trinajstić information content (AvgIpc) is 2.86. The molecule has 1 fully saturated rings. The fourth-order valence-electron chi connectivity index (χ4n) is 5.54. The molecule has 0 saturated carbocycles. The molecule has 1 saturated heterocycles. The number of benzene rings is 1. The van der Waals surface area contributed by atoms with E-state index in [9.17, 15) is 9.59 Å². The minimum Gasteiger partial charge on any atom is -0.493 e. The van der Waals surface area contributed by atoms with E-state index in [-0.39, 0.29) is 24.0 Å². The van der Waals surface area contributed by atoms with Crippen molar-refractivity contribution in [1.29, 1.82) is 0 Å². The second-order valence-electron chi connectivity index (χ2n) is 12.1. The van der Waals surface area contributed by atoms with Crippen LogP contribution in [0.1, 0.15) is 92.3 Å².